The molecule has 4 nitrogen and oxygen atoms in total. The van der Waals surface area contributed by atoms with Crippen molar-refractivity contribution in [3.63, 3.8) is 0 Å². The lowest BCUT2D eigenvalue weighted by Gasteiger charge is -2.16. The van der Waals surface area contributed by atoms with Crippen molar-refractivity contribution < 1.29 is 4.79 Å². The number of carbonyl (C=O) groups is 1. The van der Waals surface area contributed by atoms with Crippen molar-refractivity contribution in [3.05, 3.63) is 53.7 Å². The van der Waals surface area contributed by atoms with Gasteiger partial charge in [-0.05, 0) is 49.2 Å². The molecule has 0 spiro atoms. The topological polar surface area (TPSA) is 54.0 Å². The fraction of sp³-hybridized carbons (Fsp3) is 0.250. The zero-order valence-electron chi connectivity index (χ0n) is 12.0. The van der Waals surface area contributed by atoms with E-state index in [9.17, 15) is 4.79 Å². The molecule has 1 aromatic carbocycles. The molecule has 1 atom stereocenters. The molecular formula is C16H19N3O. The number of benzene rings is 1. The number of pyridine rings is 1. The lowest BCUT2D eigenvalue weighted by Crippen LogP contribution is -2.10. The molecule has 1 unspecified atom stereocenters. The minimum Gasteiger partial charge on any atom is -0.364 e. The Kier molecular flexibility index (Phi) is 4.35. The summed E-state index contributed by atoms with van der Waals surface area (Å²) in [5.74, 6) is 0.783. The summed E-state index contributed by atoms with van der Waals surface area (Å²) in [4.78, 5) is 15.4. The number of rotatable bonds is 4. The molecule has 0 aliphatic carbocycles. The Morgan fingerprint density at radius 2 is 2.05 bits per heavy atom. The predicted molar refractivity (Wildman–Crippen MR) is 81.8 cm³/mol. The van der Waals surface area contributed by atoms with E-state index in [-0.39, 0.29) is 11.9 Å². The predicted octanol–water partition coefficient (Wildman–Crippen LogP) is 3.52. The Balaban J connectivity index is 2.12. The van der Waals surface area contributed by atoms with E-state index in [1.807, 2.05) is 43.3 Å². The summed E-state index contributed by atoms with van der Waals surface area (Å²) in [5.41, 5.74) is 3.07. The number of aromatic nitrogens is 1. The molecule has 1 heterocycles. The van der Waals surface area contributed by atoms with E-state index in [0.717, 1.165) is 17.1 Å². The number of hydrogen-bond donors (Lipinski definition) is 2. The fourth-order valence-corrected chi connectivity index (χ4v) is 2.01. The second-order valence-corrected chi connectivity index (χ2v) is 4.89. The van der Waals surface area contributed by atoms with Gasteiger partial charge in [0.25, 0.3) is 0 Å². The molecule has 104 valence electrons. The molecule has 0 aliphatic heterocycles. The van der Waals surface area contributed by atoms with Gasteiger partial charge < -0.3 is 10.6 Å². The van der Waals surface area contributed by atoms with E-state index >= 15 is 0 Å². The van der Waals surface area contributed by atoms with E-state index in [4.69, 9.17) is 0 Å². The van der Waals surface area contributed by atoms with Gasteiger partial charge in [-0.1, -0.05) is 12.1 Å². The molecule has 0 fully saturated rings. The van der Waals surface area contributed by atoms with Gasteiger partial charge in [-0.2, -0.15) is 0 Å². The molecule has 4 heteroatoms. The quantitative estimate of drug-likeness (QED) is 0.893. The number of amides is 1. The third-order valence-corrected chi connectivity index (χ3v) is 2.99. The fourth-order valence-electron chi connectivity index (χ4n) is 2.01. The normalized spacial score (nSPS) is 11.8. The number of hydrogen-bond acceptors (Lipinski definition) is 3. The summed E-state index contributed by atoms with van der Waals surface area (Å²) in [7, 11) is 0. The Hall–Kier alpha value is -2.36. The van der Waals surface area contributed by atoms with Crippen LogP contribution in [0.4, 0.5) is 11.5 Å². The molecule has 0 radical (unpaired) electrons. The Morgan fingerprint density at radius 1 is 1.25 bits per heavy atom. The van der Waals surface area contributed by atoms with Gasteiger partial charge in [0.05, 0.1) is 6.04 Å². The van der Waals surface area contributed by atoms with Crippen molar-refractivity contribution in [3.8, 4) is 0 Å². The van der Waals surface area contributed by atoms with Crippen molar-refractivity contribution in [2.75, 3.05) is 10.6 Å². The van der Waals surface area contributed by atoms with E-state index in [0.29, 0.717) is 0 Å². The zero-order chi connectivity index (χ0) is 14.5. The van der Waals surface area contributed by atoms with Crippen LogP contribution in [0.2, 0.25) is 0 Å². The molecule has 0 bridgehead atoms. The molecule has 2 rings (SSSR count). The van der Waals surface area contributed by atoms with Gasteiger partial charge in [0, 0.05) is 18.8 Å². The zero-order valence-corrected chi connectivity index (χ0v) is 12.0. The van der Waals surface area contributed by atoms with Crippen LogP contribution in [0.3, 0.4) is 0 Å². The standard InChI is InChI=1S/C16H19N3O/c1-11-7-8-17-16(9-11)18-12(2)14-5-4-6-15(10-14)19-13(3)20/h4-10,12H,1-3H3,(H,17,18)(H,19,20). The summed E-state index contributed by atoms with van der Waals surface area (Å²) in [5, 5.41) is 6.15. The molecular weight excluding hydrogens is 250 g/mol. The maximum atomic E-state index is 11.1. The van der Waals surface area contributed by atoms with Crippen LogP contribution in [-0.2, 0) is 4.79 Å². The van der Waals surface area contributed by atoms with Gasteiger partial charge in [-0.25, -0.2) is 4.98 Å². The highest BCUT2D eigenvalue weighted by Crippen LogP contribution is 2.21. The molecule has 2 N–H and O–H groups in total. The average Bonchev–Trinajstić information content (AvgIpc) is 2.38. The first kappa shape index (κ1) is 14.1. The van der Waals surface area contributed by atoms with Crippen LogP contribution in [0, 0.1) is 6.92 Å². The molecule has 1 amide bonds. The molecule has 0 aliphatic rings. The van der Waals surface area contributed by atoms with Crippen LogP contribution in [0.1, 0.15) is 31.0 Å². The first-order valence-corrected chi connectivity index (χ1v) is 6.61. The summed E-state index contributed by atoms with van der Waals surface area (Å²) in [6, 6.07) is 11.9. The smallest absolute Gasteiger partial charge is 0.221 e. The van der Waals surface area contributed by atoms with E-state index in [2.05, 4.69) is 22.5 Å². The van der Waals surface area contributed by atoms with Crippen LogP contribution in [0.15, 0.2) is 42.6 Å². The van der Waals surface area contributed by atoms with Crippen molar-refractivity contribution in [1.82, 2.24) is 4.98 Å². The molecule has 0 saturated heterocycles. The minimum atomic E-state index is -0.0666. The highest BCUT2D eigenvalue weighted by molar-refractivity contribution is 5.88. The average molecular weight is 269 g/mol. The highest BCUT2D eigenvalue weighted by atomic mass is 16.1. The number of nitrogens with zero attached hydrogens (tertiary/aromatic N) is 1. The third kappa shape index (κ3) is 3.82. The van der Waals surface area contributed by atoms with Gasteiger partial charge in [0.2, 0.25) is 5.91 Å². The number of anilines is 2. The lowest BCUT2D eigenvalue weighted by atomic mass is 10.1. The van der Waals surface area contributed by atoms with Crippen LogP contribution < -0.4 is 10.6 Å². The minimum absolute atomic E-state index is 0.0666. The van der Waals surface area contributed by atoms with Crippen LogP contribution in [0.25, 0.3) is 0 Å². The molecule has 0 saturated carbocycles. The Bertz CT molecular complexity index is 610. The maximum Gasteiger partial charge on any atom is 0.221 e. The van der Waals surface area contributed by atoms with Crippen molar-refractivity contribution in [1.29, 1.82) is 0 Å². The third-order valence-electron chi connectivity index (χ3n) is 2.99. The van der Waals surface area contributed by atoms with Gasteiger partial charge in [-0.3, -0.25) is 4.79 Å². The van der Waals surface area contributed by atoms with Gasteiger partial charge >= 0.3 is 0 Å². The summed E-state index contributed by atoms with van der Waals surface area (Å²) in [6.07, 6.45) is 1.79. The maximum absolute atomic E-state index is 11.1. The monoisotopic (exact) mass is 269 g/mol. The first-order valence-electron chi connectivity index (χ1n) is 6.61. The van der Waals surface area contributed by atoms with E-state index < -0.39 is 0 Å². The number of nitrogens with one attached hydrogen (secondary N) is 2. The summed E-state index contributed by atoms with van der Waals surface area (Å²) >= 11 is 0. The van der Waals surface area contributed by atoms with Crippen LogP contribution in [-0.4, -0.2) is 10.9 Å². The Labute approximate surface area is 119 Å². The van der Waals surface area contributed by atoms with Gasteiger partial charge in [-0.15, -0.1) is 0 Å². The largest absolute Gasteiger partial charge is 0.364 e. The molecule has 20 heavy (non-hydrogen) atoms. The van der Waals surface area contributed by atoms with Gasteiger partial charge in [0.1, 0.15) is 5.82 Å². The van der Waals surface area contributed by atoms with Gasteiger partial charge in [0.15, 0.2) is 0 Å². The van der Waals surface area contributed by atoms with E-state index in [1.165, 1.54) is 12.5 Å². The highest BCUT2D eigenvalue weighted by Gasteiger charge is 2.07. The van der Waals surface area contributed by atoms with E-state index in [1.54, 1.807) is 6.20 Å². The second-order valence-electron chi connectivity index (χ2n) is 4.89. The lowest BCUT2D eigenvalue weighted by molar-refractivity contribution is -0.114. The van der Waals surface area contributed by atoms with Crippen molar-refractivity contribution >= 4 is 17.4 Å². The molecule has 2 aromatic rings. The Morgan fingerprint density at radius 3 is 2.75 bits per heavy atom. The van der Waals surface area contributed by atoms with Crippen molar-refractivity contribution in [2.24, 2.45) is 0 Å². The number of aryl methyl sites for hydroxylation is 1. The SMILES string of the molecule is CC(=O)Nc1cccc(C(C)Nc2cc(C)ccn2)c1. The first-order chi connectivity index (χ1) is 9.54. The van der Waals surface area contributed by atoms with Crippen LogP contribution in [0.5, 0.6) is 0 Å². The molecule has 1 aromatic heterocycles. The summed E-state index contributed by atoms with van der Waals surface area (Å²) < 4.78 is 0. The van der Waals surface area contributed by atoms with Crippen molar-refractivity contribution in [2.45, 2.75) is 26.8 Å². The number of carbonyl (C=O) groups excluding carboxylic acids is 1. The second kappa shape index (κ2) is 6.19. The summed E-state index contributed by atoms with van der Waals surface area (Å²) in [6.45, 7) is 5.61. The van der Waals surface area contributed by atoms with Crippen LogP contribution >= 0.6 is 0 Å².